The van der Waals surface area contributed by atoms with Gasteiger partial charge >= 0.3 is 0 Å². The number of benzene rings is 2. The van der Waals surface area contributed by atoms with Gasteiger partial charge in [0.25, 0.3) is 5.91 Å². The summed E-state index contributed by atoms with van der Waals surface area (Å²) < 4.78 is 0. The maximum absolute atomic E-state index is 13.3. The molecule has 2 N–H and O–H groups in total. The summed E-state index contributed by atoms with van der Waals surface area (Å²) in [4.78, 5) is 24.9. The van der Waals surface area contributed by atoms with Gasteiger partial charge in [-0.05, 0) is 48.9 Å². The number of hydrogen-bond acceptors (Lipinski definition) is 4. The Labute approximate surface area is 177 Å². The van der Waals surface area contributed by atoms with E-state index in [0.29, 0.717) is 6.54 Å². The molecule has 5 nitrogen and oxygen atoms in total. The zero-order valence-corrected chi connectivity index (χ0v) is 17.1. The Balaban J connectivity index is 1.46. The van der Waals surface area contributed by atoms with E-state index in [1.54, 1.807) is 0 Å². The third kappa shape index (κ3) is 3.29. The molecule has 1 saturated heterocycles. The molecule has 2 heterocycles. The molecule has 2 aromatic carbocycles. The smallest absolute Gasteiger partial charge is 0.253 e. The standard InChI is InChI=1S/C25H26N4O/c26-15-18-6-4-9-20(14-18)24(30)29-13-5-11-25(17-29)12-10-21-16-27-23(28-22(21)25)19-7-2-1-3-8-19/h1-4,6-9,14,16H,5,10-13,15,17,26H2. The summed E-state index contributed by atoms with van der Waals surface area (Å²) >= 11 is 0. The number of carbonyl (C=O) groups is 1. The summed E-state index contributed by atoms with van der Waals surface area (Å²) in [5, 5.41) is 0. The summed E-state index contributed by atoms with van der Waals surface area (Å²) in [7, 11) is 0. The summed E-state index contributed by atoms with van der Waals surface area (Å²) in [6.45, 7) is 1.95. The molecule has 2 aliphatic rings. The zero-order valence-electron chi connectivity index (χ0n) is 17.1. The minimum Gasteiger partial charge on any atom is -0.338 e. The van der Waals surface area contributed by atoms with Crippen LogP contribution < -0.4 is 5.73 Å². The van der Waals surface area contributed by atoms with Crippen molar-refractivity contribution in [1.29, 1.82) is 0 Å². The van der Waals surface area contributed by atoms with Crippen molar-refractivity contribution in [2.75, 3.05) is 13.1 Å². The fourth-order valence-electron chi connectivity index (χ4n) is 4.98. The molecule has 0 bridgehead atoms. The molecule has 1 aromatic heterocycles. The molecule has 30 heavy (non-hydrogen) atoms. The Kier molecular flexibility index (Phi) is 4.83. The molecule has 1 atom stereocenters. The number of amides is 1. The molecule has 152 valence electrons. The fraction of sp³-hybridized carbons (Fsp3) is 0.320. The zero-order chi connectivity index (χ0) is 20.6. The lowest BCUT2D eigenvalue weighted by Gasteiger charge is -2.40. The summed E-state index contributed by atoms with van der Waals surface area (Å²) in [5.41, 5.74) is 10.8. The topological polar surface area (TPSA) is 72.1 Å². The van der Waals surface area contributed by atoms with Gasteiger partial charge < -0.3 is 10.6 Å². The van der Waals surface area contributed by atoms with E-state index < -0.39 is 0 Å². The van der Waals surface area contributed by atoms with Crippen LogP contribution in [0.5, 0.6) is 0 Å². The van der Waals surface area contributed by atoms with Gasteiger partial charge in [0.1, 0.15) is 0 Å². The fourth-order valence-corrected chi connectivity index (χ4v) is 4.98. The number of piperidine rings is 1. The maximum Gasteiger partial charge on any atom is 0.253 e. The number of rotatable bonds is 3. The van der Waals surface area contributed by atoms with Gasteiger partial charge in [0.05, 0.1) is 5.69 Å². The summed E-state index contributed by atoms with van der Waals surface area (Å²) in [6, 6.07) is 17.8. The van der Waals surface area contributed by atoms with Crippen LogP contribution in [0.4, 0.5) is 0 Å². The second kappa shape index (κ2) is 7.65. The highest BCUT2D eigenvalue weighted by Crippen LogP contribution is 2.44. The van der Waals surface area contributed by atoms with Gasteiger partial charge in [-0.25, -0.2) is 9.97 Å². The number of aryl methyl sites for hydroxylation is 1. The van der Waals surface area contributed by atoms with Gasteiger partial charge in [-0.15, -0.1) is 0 Å². The first-order chi connectivity index (χ1) is 14.7. The van der Waals surface area contributed by atoms with Gasteiger partial charge in [-0.2, -0.15) is 0 Å². The Morgan fingerprint density at radius 2 is 1.97 bits per heavy atom. The van der Waals surface area contributed by atoms with Crippen LogP contribution in [-0.4, -0.2) is 33.9 Å². The van der Waals surface area contributed by atoms with E-state index in [-0.39, 0.29) is 11.3 Å². The molecular weight excluding hydrogens is 372 g/mol. The molecule has 1 aliphatic heterocycles. The quantitative estimate of drug-likeness (QED) is 0.730. The normalized spacial score (nSPS) is 20.4. The molecule has 5 heteroatoms. The number of carbonyl (C=O) groups excluding carboxylic acids is 1. The number of hydrogen-bond donors (Lipinski definition) is 1. The molecule has 3 aromatic rings. The van der Waals surface area contributed by atoms with Crippen LogP contribution >= 0.6 is 0 Å². The van der Waals surface area contributed by atoms with Crippen molar-refractivity contribution < 1.29 is 4.79 Å². The lowest BCUT2D eigenvalue weighted by molar-refractivity contribution is 0.0633. The average Bonchev–Trinajstić information content (AvgIpc) is 3.16. The Morgan fingerprint density at radius 1 is 1.10 bits per heavy atom. The second-order valence-corrected chi connectivity index (χ2v) is 8.45. The van der Waals surface area contributed by atoms with Gasteiger partial charge in [0.2, 0.25) is 0 Å². The van der Waals surface area contributed by atoms with Crippen LogP contribution in [0.15, 0.2) is 60.8 Å². The van der Waals surface area contributed by atoms with Gasteiger partial charge in [-0.3, -0.25) is 4.79 Å². The second-order valence-electron chi connectivity index (χ2n) is 8.45. The van der Waals surface area contributed by atoms with E-state index in [1.165, 1.54) is 5.56 Å². The van der Waals surface area contributed by atoms with Gasteiger partial charge in [0.15, 0.2) is 5.82 Å². The predicted molar refractivity (Wildman–Crippen MR) is 117 cm³/mol. The number of likely N-dealkylation sites (tertiary alicyclic amines) is 1. The minimum absolute atomic E-state index is 0.0683. The first-order valence-electron chi connectivity index (χ1n) is 10.7. The van der Waals surface area contributed by atoms with Crippen LogP contribution in [0.2, 0.25) is 0 Å². The van der Waals surface area contributed by atoms with E-state index in [9.17, 15) is 4.79 Å². The van der Waals surface area contributed by atoms with Crippen molar-refractivity contribution in [3.8, 4) is 11.4 Å². The van der Waals surface area contributed by atoms with Crippen LogP contribution in [0.1, 0.15) is 46.4 Å². The number of nitrogens with two attached hydrogens (primary N) is 1. The van der Waals surface area contributed by atoms with Crippen molar-refractivity contribution >= 4 is 5.91 Å². The molecule has 1 unspecified atom stereocenters. The van der Waals surface area contributed by atoms with Gasteiger partial charge in [0, 0.05) is 42.4 Å². The first-order valence-corrected chi connectivity index (χ1v) is 10.7. The molecule has 1 amide bonds. The maximum atomic E-state index is 13.3. The average molecular weight is 399 g/mol. The van der Waals surface area contributed by atoms with E-state index in [0.717, 1.165) is 67.0 Å². The number of nitrogens with zero attached hydrogens (tertiary/aromatic N) is 3. The molecule has 1 spiro atoms. The molecular formula is C25H26N4O. The van der Waals surface area contributed by atoms with Crippen molar-refractivity contribution in [3.05, 3.63) is 83.2 Å². The van der Waals surface area contributed by atoms with E-state index in [4.69, 9.17) is 10.7 Å². The van der Waals surface area contributed by atoms with Crippen molar-refractivity contribution in [1.82, 2.24) is 14.9 Å². The van der Waals surface area contributed by atoms with E-state index in [2.05, 4.69) is 4.98 Å². The third-order valence-electron chi connectivity index (χ3n) is 6.55. The van der Waals surface area contributed by atoms with Gasteiger partial charge in [-0.1, -0.05) is 42.5 Å². The molecule has 1 fully saturated rings. The first kappa shape index (κ1) is 18.9. The van der Waals surface area contributed by atoms with E-state index >= 15 is 0 Å². The molecule has 1 aliphatic carbocycles. The van der Waals surface area contributed by atoms with Crippen molar-refractivity contribution in [2.24, 2.45) is 5.73 Å². The van der Waals surface area contributed by atoms with Crippen LogP contribution in [0.25, 0.3) is 11.4 Å². The SMILES string of the molecule is NCc1cccc(C(=O)N2CCCC3(CCc4cnc(-c5ccccc5)nc43)C2)c1. The molecule has 0 saturated carbocycles. The minimum atomic E-state index is -0.0683. The van der Waals surface area contributed by atoms with E-state index in [1.807, 2.05) is 65.7 Å². The lowest BCUT2D eigenvalue weighted by atomic mass is 9.77. The highest BCUT2D eigenvalue weighted by Gasteiger charge is 2.44. The van der Waals surface area contributed by atoms with Crippen LogP contribution in [0, 0.1) is 0 Å². The Morgan fingerprint density at radius 3 is 2.80 bits per heavy atom. The molecule has 5 rings (SSSR count). The predicted octanol–water partition coefficient (Wildman–Crippen LogP) is 3.72. The Bertz CT molecular complexity index is 1080. The highest BCUT2D eigenvalue weighted by molar-refractivity contribution is 5.94. The molecule has 0 radical (unpaired) electrons. The van der Waals surface area contributed by atoms with Crippen molar-refractivity contribution in [3.63, 3.8) is 0 Å². The van der Waals surface area contributed by atoms with Crippen molar-refractivity contribution in [2.45, 2.75) is 37.6 Å². The lowest BCUT2D eigenvalue weighted by Crippen LogP contribution is -2.48. The number of fused-ring (bicyclic) bond motifs is 2. The highest BCUT2D eigenvalue weighted by atomic mass is 16.2. The van der Waals surface area contributed by atoms with Crippen LogP contribution in [-0.2, 0) is 18.4 Å². The van der Waals surface area contributed by atoms with Crippen LogP contribution in [0.3, 0.4) is 0 Å². The summed E-state index contributed by atoms with van der Waals surface area (Å²) in [5.74, 6) is 0.866. The third-order valence-corrected chi connectivity index (χ3v) is 6.55. The number of aromatic nitrogens is 2. The summed E-state index contributed by atoms with van der Waals surface area (Å²) in [6.07, 6.45) is 6.06. The monoisotopic (exact) mass is 398 g/mol. The Hall–Kier alpha value is -3.05. The largest absolute Gasteiger partial charge is 0.338 e.